The maximum atomic E-state index is 11.6. The Morgan fingerprint density at radius 1 is 0.750 bits per heavy atom. The van der Waals surface area contributed by atoms with E-state index < -0.39 is 10.5 Å². The fourth-order valence-corrected chi connectivity index (χ4v) is 2.66. The molecule has 0 aliphatic heterocycles. The summed E-state index contributed by atoms with van der Waals surface area (Å²) in [6.45, 7) is 0. The summed E-state index contributed by atoms with van der Waals surface area (Å²) in [5.41, 5.74) is 0.883. The van der Waals surface area contributed by atoms with E-state index in [-0.39, 0.29) is 0 Å². The minimum Gasteiger partial charge on any atom is -0.276 e. The maximum absolute atomic E-state index is 11.6. The summed E-state index contributed by atoms with van der Waals surface area (Å²) in [7, 11) is 0. The fraction of sp³-hybridized carbons (Fsp3) is 0. The zero-order valence-corrected chi connectivity index (χ0v) is 11.7. The number of hydrogen-bond donors (Lipinski definition) is 0. The van der Waals surface area contributed by atoms with Crippen molar-refractivity contribution in [3.05, 3.63) is 59.7 Å². The fourth-order valence-electron chi connectivity index (χ4n) is 2.39. The largest absolute Gasteiger partial charge is 0.276 e. The molecule has 4 heteroatoms. The second-order valence-electron chi connectivity index (χ2n) is 4.45. The molecule has 0 atom stereocenters. The van der Waals surface area contributed by atoms with Crippen LogP contribution < -0.4 is 0 Å². The molecule has 0 bridgehead atoms. The summed E-state index contributed by atoms with van der Waals surface area (Å²) in [4.78, 5) is 22.9. The van der Waals surface area contributed by atoms with Crippen LogP contribution in [-0.2, 0) is 0 Å². The predicted molar refractivity (Wildman–Crippen MR) is 81.8 cm³/mol. The number of fused-ring (bicyclic) bond motifs is 3. The molecule has 0 N–H and O–H groups in total. The Balaban J connectivity index is 2.50. The lowest BCUT2D eigenvalue weighted by atomic mass is 9.96. The molecule has 3 rings (SSSR count). The van der Waals surface area contributed by atoms with Gasteiger partial charge in [-0.3, -0.25) is 9.59 Å². The molecule has 0 aliphatic rings. The van der Waals surface area contributed by atoms with E-state index in [0.29, 0.717) is 11.1 Å². The van der Waals surface area contributed by atoms with Crippen LogP contribution in [0.5, 0.6) is 0 Å². The zero-order valence-electron chi connectivity index (χ0n) is 10.2. The molecular weight excluding hydrogens is 295 g/mol. The first kappa shape index (κ1) is 13.1. The number of benzene rings is 3. The van der Waals surface area contributed by atoms with Gasteiger partial charge < -0.3 is 0 Å². The molecule has 0 amide bonds. The third kappa shape index (κ3) is 2.07. The maximum Gasteiger partial charge on any atom is 0.253 e. The van der Waals surface area contributed by atoms with E-state index in [2.05, 4.69) is 0 Å². The van der Waals surface area contributed by atoms with E-state index in [0.717, 1.165) is 21.5 Å². The molecule has 0 saturated heterocycles. The summed E-state index contributed by atoms with van der Waals surface area (Å²) in [5.74, 6) is 0. The van der Waals surface area contributed by atoms with Crippen LogP contribution in [0.3, 0.4) is 0 Å². The van der Waals surface area contributed by atoms with E-state index in [1.165, 1.54) is 0 Å². The smallest absolute Gasteiger partial charge is 0.253 e. The number of carbonyl (C=O) groups is 2. The molecule has 0 spiro atoms. The number of carbonyl (C=O) groups excluding carboxylic acids is 2. The van der Waals surface area contributed by atoms with Gasteiger partial charge in [0.15, 0.2) is 0 Å². The normalized spacial score (nSPS) is 10.9. The first-order valence-corrected chi connectivity index (χ1v) is 6.68. The van der Waals surface area contributed by atoms with Crippen molar-refractivity contribution < 1.29 is 9.59 Å². The molecule has 0 saturated carbocycles. The highest BCUT2D eigenvalue weighted by atomic mass is 35.5. The zero-order chi connectivity index (χ0) is 14.3. The summed E-state index contributed by atoms with van der Waals surface area (Å²) in [6, 6.07) is 14.3. The molecule has 20 heavy (non-hydrogen) atoms. The minimum atomic E-state index is -0.506. The molecule has 0 aromatic heterocycles. The molecule has 0 unspecified atom stereocenters. The lowest BCUT2D eigenvalue weighted by Crippen LogP contribution is -1.94. The van der Waals surface area contributed by atoms with Gasteiger partial charge in [0, 0.05) is 11.1 Å². The van der Waals surface area contributed by atoms with Gasteiger partial charge in [0.25, 0.3) is 10.5 Å². The van der Waals surface area contributed by atoms with Crippen LogP contribution in [0.25, 0.3) is 21.5 Å². The predicted octanol–water partition coefficient (Wildman–Crippen LogP) is 4.75. The average molecular weight is 303 g/mol. The van der Waals surface area contributed by atoms with Crippen molar-refractivity contribution in [1.82, 2.24) is 0 Å². The van der Waals surface area contributed by atoms with E-state index in [9.17, 15) is 9.59 Å². The average Bonchev–Trinajstić information content (AvgIpc) is 2.45. The van der Waals surface area contributed by atoms with Crippen molar-refractivity contribution in [2.75, 3.05) is 0 Å². The van der Waals surface area contributed by atoms with Crippen molar-refractivity contribution in [3.63, 3.8) is 0 Å². The summed E-state index contributed by atoms with van der Waals surface area (Å²) in [5, 5.41) is 2.34. The Labute approximate surface area is 124 Å². The van der Waals surface area contributed by atoms with Gasteiger partial charge in [-0.1, -0.05) is 30.3 Å². The lowest BCUT2D eigenvalue weighted by Gasteiger charge is -2.08. The highest BCUT2D eigenvalue weighted by molar-refractivity contribution is 6.69. The van der Waals surface area contributed by atoms with Crippen LogP contribution in [-0.4, -0.2) is 10.5 Å². The Morgan fingerprint density at radius 2 is 1.45 bits per heavy atom. The molecule has 0 fully saturated rings. The van der Waals surface area contributed by atoms with Gasteiger partial charge in [-0.2, -0.15) is 0 Å². The lowest BCUT2D eigenvalue weighted by molar-refractivity contribution is 0.107. The van der Waals surface area contributed by atoms with E-state index in [1.54, 1.807) is 24.3 Å². The molecule has 0 aliphatic carbocycles. The van der Waals surface area contributed by atoms with E-state index in [4.69, 9.17) is 23.2 Å². The highest BCUT2D eigenvalue weighted by Gasteiger charge is 2.12. The first-order valence-electron chi connectivity index (χ1n) is 5.93. The van der Waals surface area contributed by atoms with Gasteiger partial charge in [-0.25, -0.2) is 0 Å². The van der Waals surface area contributed by atoms with Gasteiger partial charge in [0.1, 0.15) is 0 Å². The van der Waals surface area contributed by atoms with Crippen molar-refractivity contribution in [3.8, 4) is 0 Å². The summed E-state index contributed by atoms with van der Waals surface area (Å²) in [6.07, 6.45) is 0. The number of hydrogen-bond acceptors (Lipinski definition) is 2. The van der Waals surface area contributed by atoms with E-state index >= 15 is 0 Å². The van der Waals surface area contributed by atoms with Crippen LogP contribution in [0.4, 0.5) is 0 Å². The van der Waals surface area contributed by atoms with Gasteiger partial charge in [0.2, 0.25) is 0 Å². The molecule has 2 nitrogen and oxygen atoms in total. The van der Waals surface area contributed by atoms with Crippen LogP contribution >= 0.6 is 23.2 Å². The van der Waals surface area contributed by atoms with Crippen LogP contribution in [0.1, 0.15) is 20.7 Å². The standard InChI is InChI=1S/C16H8Cl2O2/c17-15(19)10-6-5-9-7-14(16(18)20)12-4-2-1-3-11(12)13(9)8-10/h1-8H. The van der Waals surface area contributed by atoms with Gasteiger partial charge in [0.05, 0.1) is 0 Å². The summed E-state index contributed by atoms with van der Waals surface area (Å²) < 4.78 is 0. The second-order valence-corrected chi connectivity index (χ2v) is 5.14. The van der Waals surface area contributed by atoms with Crippen LogP contribution in [0.2, 0.25) is 0 Å². The molecule has 3 aromatic carbocycles. The second kappa shape index (κ2) is 4.89. The van der Waals surface area contributed by atoms with Gasteiger partial charge >= 0.3 is 0 Å². The van der Waals surface area contributed by atoms with Crippen molar-refractivity contribution in [2.45, 2.75) is 0 Å². The van der Waals surface area contributed by atoms with Gasteiger partial charge in [-0.05, 0) is 62.9 Å². The van der Waals surface area contributed by atoms with Crippen LogP contribution in [0, 0.1) is 0 Å². The Hall–Kier alpha value is -1.90. The highest BCUT2D eigenvalue weighted by Crippen LogP contribution is 2.30. The Bertz CT molecular complexity index is 869. The van der Waals surface area contributed by atoms with E-state index in [1.807, 2.05) is 24.3 Å². The Morgan fingerprint density at radius 3 is 2.10 bits per heavy atom. The summed E-state index contributed by atoms with van der Waals surface area (Å²) >= 11 is 11.2. The van der Waals surface area contributed by atoms with Crippen molar-refractivity contribution in [1.29, 1.82) is 0 Å². The SMILES string of the molecule is O=C(Cl)c1ccc2cc(C(=O)Cl)c3ccccc3c2c1. The molecule has 3 aromatic rings. The van der Waals surface area contributed by atoms with Gasteiger partial charge in [-0.15, -0.1) is 0 Å². The monoisotopic (exact) mass is 302 g/mol. The number of halogens is 2. The van der Waals surface area contributed by atoms with Crippen molar-refractivity contribution in [2.24, 2.45) is 0 Å². The minimum absolute atomic E-state index is 0.425. The number of rotatable bonds is 2. The molecule has 0 radical (unpaired) electrons. The topological polar surface area (TPSA) is 34.1 Å². The molecule has 98 valence electrons. The Kier molecular flexibility index (Phi) is 3.20. The van der Waals surface area contributed by atoms with Crippen molar-refractivity contribution >= 4 is 55.2 Å². The quantitative estimate of drug-likeness (QED) is 0.505. The molecule has 0 heterocycles. The molecular formula is C16H8Cl2O2. The third-order valence-electron chi connectivity index (χ3n) is 3.30. The third-order valence-corrected chi connectivity index (χ3v) is 3.72. The first-order chi connectivity index (χ1) is 9.58. The van der Waals surface area contributed by atoms with Crippen LogP contribution in [0.15, 0.2) is 48.5 Å².